The van der Waals surface area contributed by atoms with Crippen LogP contribution in [-0.2, 0) is 18.4 Å². The highest BCUT2D eigenvalue weighted by Crippen LogP contribution is 2.48. The molecule has 0 aromatic rings. The zero-order valence-electron chi connectivity index (χ0n) is 8.88. The van der Waals surface area contributed by atoms with Crippen LogP contribution in [0.2, 0.25) is 0 Å². The normalized spacial score (nSPS) is 13.8. The molecule has 0 aromatic carbocycles. The topological polar surface area (TPSA) is 93.1 Å². The fourth-order valence-corrected chi connectivity index (χ4v) is 2.78. The van der Waals surface area contributed by atoms with E-state index in [0.29, 0.717) is 0 Å². The van der Waals surface area contributed by atoms with Gasteiger partial charge in [0.25, 0.3) is 0 Å². The van der Waals surface area contributed by atoms with Crippen molar-refractivity contribution < 1.29 is 28.6 Å². The minimum atomic E-state index is -3.35. The summed E-state index contributed by atoms with van der Waals surface area (Å²) in [7, 11) is -3.35. The third-order valence-electron chi connectivity index (χ3n) is 1.50. The van der Waals surface area contributed by atoms with E-state index < -0.39 is 26.1 Å². The number of rotatable bonds is 8. The van der Waals surface area contributed by atoms with Crippen molar-refractivity contribution in [1.29, 1.82) is 0 Å². The van der Waals surface area contributed by atoms with Crippen LogP contribution < -0.4 is 0 Å². The molecule has 0 fully saturated rings. The molecule has 90 valence electrons. The Bertz CT molecular complexity index is 231. The molecule has 0 heterocycles. The van der Waals surface area contributed by atoms with E-state index in [1.807, 2.05) is 0 Å². The van der Waals surface area contributed by atoms with Gasteiger partial charge in [-0.15, -0.1) is 0 Å². The Labute approximate surface area is 88.7 Å². The Kier molecular flexibility index (Phi) is 6.76. The molecule has 0 amide bonds. The summed E-state index contributed by atoms with van der Waals surface area (Å²) in [5.74, 6) is -1.15. The first-order valence-corrected chi connectivity index (χ1v) is 6.44. The summed E-state index contributed by atoms with van der Waals surface area (Å²) < 4.78 is 21.6. The lowest BCUT2D eigenvalue weighted by Crippen LogP contribution is -2.19. The number of aliphatic carboxylic acids is 1. The minimum absolute atomic E-state index is 0.192. The second kappa shape index (κ2) is 6.95. The van der Waals surface area contributed by atoms with Crippen LogP contribution in [0.3, 0.4) is 0 Å². The second-order valence-corrected chi connectivity index (χ2v) is 4.98. The molecule has 6 nitrogen and oxygen atoms in total. The molecule has 0 saturated heterocycles. The molecule has 0 aromatic heterocycles. The van der Waals surface area contributed by atoms with Gasteiger partial charge < -0.3 is 19.3 Å². The van der Waals surface area contributed by atoms with Gasteiger partial charge in [0.05, 0.1) is 31.9 Å². The Morgan fingerprint density at radius 1 is 1.33 bits per heavy atom. The van der Waals surface area contributed by atoms with E-state index in [0.717, 1.165) is 0 Å². The maximum atomic E-state index is 11.8. The van der Waals surface area contributed by atoms with Crippen LogP contribution in [0.4, 0.5) is 0 Å². The Hall–Kier alpha value is -0.420. The van der Waals surface area contributed by atoms with E-state index in [1.165, 1.54) is 0 Å². The third-order valence-corrected chi connectivity index (χ3v) is 3.67. The Morgan fingerprint density at radius 2 is 1.80 bits per heavy atom. The average Bonchev–Trinajstić information content (AvgIpc) is 2.01. The number of aliphatic hydroxyl groups excluding tert-OH is 1. The molecule has 7 heteroatoms. The van der Waals surface area contributed by atoms with Gasteiger partial charge in [0.1, 0.15) is 0 Å². The molecule has 0 saturated carbocycles. The Balaban J connectivity index is 4.27. The maximum absolute atomic E-state index is 11.8. The summed E-state index contributed by atoms with van der Waals surface area (Å²) >= 11 is 0. The number of hydrogen-bond acceptors (Lipinski definition) is 5. The minimum Gasteiger partial charge on any atom is -0.481 e. The molecule has 1 unspecified atom stereocenters. The van der Waals surface area contributed by atoms with Gasteiger partial charge in [-0.2, -0.15) is 0 Å². The van der Waals surface area contributed by atoms with Gasteiger partial charge in [-0.05, 0) is 13.8 Å². The van der Waals surface area contributed by atoms with Gasteiger partial charge in [-0.1, -0.05) is 0 Å². The lowest BCUT2D eigenvalue weighted by molar-refractivity contribution is -0.138. The number of hydrogen-bond donors (Lipinski definition) is 2. The number of carboxylic acids is 1. The number of carboxylic acid groups (broad SMARTS) is 1. The van der Waals surface area contributed by atoms with Gasteiger partial charge >= 0.3 is 13.6 Å². The summed E-state index contributed by atoms with van der Waals surface area (Å²) in [5.41, 5.74) is 0. The molecule has 0 aliphatic heterocycles. The summed E-state index contributed by atoms with van der Waals surface area (Å²) in [6.45, 7) is 3.68. The fraction of sp³-hybridized carbons (Fsp3) is 0.875. The average molecular weight is 240 g/mol. The van der Waals surface area contributed by atoms with Crippen molar-refractivity contribution in [3.05, 3.63) is 0 Å². The maximum Gasteiger partial charge on any atom is 0.333 e. The molecular formula is C8H17O6P. The predicted octanol–water partition coefficient (Wildman–Crippen LogP) is 1.09. The lowest BCUT2D eigenvalue weighted by Gasteiger charge is -2.19. The summed E-state index contributed by atoms with van der Waals surface area (Å²) in [6, 6.07) is 0. The molecule has 15 heavy (non-hydrogen) atoms. The van der Waals surface area contributed by atoms with Crippen LogP contribution in [0.25, 0.3) is 0 Å². The summed E-state index contributed by atoms with van der Waals surface area (Å²) in [6.07, 6.45) is -1.98. The zero-order valence-corrected chi connectivity index (χ0v) is 9.77. The summed E-state index contributed by atoms with van der Waals surface area (Å²) in [5, 5.41) is 17.7. The second-order valence-electron chi connectivity index (χ2n) is 2.88. The highest BCUT2D eigenvalue weighted by atomic mass is 31.2. The van der Waals surface area contributed by atoms with E-state index >= 15 is 0 Å². The van der Waals surface area contributed by atoms with E-state index in [4.69, 9.17) is 14.2 Å². The highest BCUT2D eigenvalue weighted by molar-refractivity contribution is 7.53. The van der Waals surface area contributed by atoms with Crippen molar-refractivity contribution in [2.24, 2.45) is 0 Å². The smallest absolute Gasteiger partial charge is 0.333 e. The third kappa shape index (κ3) is 6.62. The van der Waals surface area contributed by atoms with Gasteiger partial charge in [0.15, 0.2) is 0 Å². The van der Waals surface area contributed by atoms with E-state index in [1.54, 1.807) is 13.8 Å². The zero-order chi connectivity index (χ0) is 11.9. The van der Waals surface area contributed by atoms with Crippen LogP contribution in [0.5, 0.6) is 0 Å². The van der Waals surface area contributed by atoms with Gasteiger partial charge in [-0.3, -0.25) is 9.36 Å². The molecule has 0 rings (SSSR count). The van der Waals surface area contributed by atoms with Crippen molar-refractivity contribution >= 4 is 13.6 Å². The van der Waals surface area contributed by atoms with Crippen LogP contribution in [0, 0.1) is 0 Å². The van der Waals surface area contributed by atoms with Crippen LogP contribution in [-0.4, -0.2) is 41.7 Å². The van der Waals surface area contributed by atoms with Gasteiger partial charge in [-0.25, -0.2) is 0 Å². The number of carbonyl (C=O) groups is 1. The number of aliphatic hydroxyl groups is 1. The molecule has 0 radical (unpaired) electrons. The van der Waals surface area contributed by atoms with Gasteiger partial charge in [0, 0.05) is 0 Å². The van der Waals surface area contributed by atoms with Crippen molar-refractivity contribution in [3.8, 4) is 0 Å². The molecule has 0 aliphatic rings. The van der Waals surface area contributed by atoms with Crippen molar-refractivity contribution in [2.75, 3.05) is 19.4 Å². The lowest BCUT2D eigenvalue weighted by atomic mass is 10.3. The van der Waals surface area contributed by atoms with Crippen molar-refractivity contribution in [2.45, 2.75) is 26.4 Å². The predicted molar refractivity (Wildman–Crippen MR) is 54.0 cm³/mol. The van der Waals surface area contributed by atoms with E-state index in [9.17, 15) is 14.5 Å². The van der Waals surface area contributed by atoms with Gasteiger partial charge in [0.2, 0.25) is 0 Å². The fourth-order valence-electron chi connectivity index (χ4n) is 1.06. The molecule has 0 bridgehead atoms. The quantitative estimate of drug-likeness (QED) is 0.617. The largest absolute Gasteiger partial charge is 0.481 e. The van der Waals surface area contributed by atoms with Crippen LogP contribution >= 0.6 is 7.60 Å². The standard InChI is InChI=1S/C8H17O6P/c1-3-13-15(12,14-4-2)6-7(9)5-8(10)11/h7,9H,3-6H2,1-2H3,(H,10,11). The van der Waals surface area contributed by atoms with Crippen LogP contribution in [0.15, 0.2) is 0 Å². The first kappa shape index (κ1) is 14.6. The monoisotopic (exact) mass is 240 g/mol. The first-order chi connectivity index (χ1) is 6.93. The van der Waals surface area contributed by atoms with E-state index in [-0.39, 0.29) is 19.4 Å². The molecule has 1 atom stereocenters. The van der Waals surface area contributed by atoms with Crippen LogP contribution in [0.1, 0.15) is 20.3 Å². The molecule has 2 N–H and O–H groups in total. The first-order valence-electron chi connectivity index (χ1n) is 4.71. The summed E-state index contributed by atoms with van der Waals surface area (Å²) in [4.78, 5) is 10.3. The van der Waals surface area contributed by atoms with E-state index in [2.05, 4.69) is 0 Å². The molecule has 0 spiro atoms. The Morgan fingerprint density at radius 3 is 2.13 bits per heavy atom. The molecular weight excluding hydrogens is 223 g/mol. The SMILES string of the molecule is CCOP(=O)(CC(O)CC(=O)O)OCC. The van der Waals surface area contributed by atoms with Crippen molar-refractivity contribution in [3.63, 3.8) is 0 Å². The highest BCUT2D eigenvalue weighted by Gasteiger charge is 2.28. The van der Waals surface area contributed by atoms with Crippen molar-refractivity contribution in [1.82, 2.24) is 0 Å². The molecule has 0 aliphatic carbocycles.